The Morgan fingerprint density at radius 3 is 2.55 bits per heavy atom. The maximum absolute atomic E-state index is 12.5. The Bertz CT molecular complexity index is 1610. The third-order valence-electron chi connectivity index (χ3n) is 5.55. The highest BCUT2D eigenvalue weighted by Crippen LogP contribution is 2.34. The molecule has 0 atom stereocenters. The number of benzene rings is 2. The van der Waals surface area contributed by atoms with E-state index in [0.29, 0.717) is 51.4 Å². The summed E-state index contributed by atoms with van der Waals surface area (Å²) in [6, 6.07) is 13.7. The van der Waals surface area contributed by atoms with Crippen molar-refractivity contribution in [1.29, 1.82) is 0 Å². The van der Waals surface area contributed by atoms with Crippen LogP contribution in [0.5, 0.6) is 11.5 Å². The second-order valence-electron chi connectivity index (χ2n) is 10.5. The molecule has 0 radical (unpaired) electrons. The standard InChI is InChI=1S/C29H35ClN6O5S/c1-19(27-24(33-18-31)11-13-36(27)14-12-32-26(37)17-42(5,39)40)34-21-9-10-25(23(30)16-21)41-22-8-6-7-20(15-22)28(38)35-29(2,3)4/h6-11,13,15-16,18,34H,1,12,14,17H2,2-5H3,(H2,31,33)(H,32,37)(H,35,38). The van der Waals surface area contributed by atoms with Crippen LogP contribution in [0, 0.1) is 0 Å². The van der Waals surface area contributed by atoms with E-state index in [9.17, 15) is 18.0 Å². The molecule has 2 amide bonds. The van der Waals surface area contributed by atoms with Crippen LogP contribution < -0.4 is 26.4 Å². The lowest BCUT2D eigenvalue weighted by Gasteiger charge is -2.20. The molecule has 3 aromatic rings. The average Bonchev–Trinajstić information content (AvgIpc) is 3.26. The molecule has 42 heavy (non-hydrogen) atoms. The van der Waals surface area contributed by atoms with Crippen LogP contribution in [-0.4, -0.2) is 55.2 Å². The van der Waals surface area contributed by atoms with Gasteiger partial charge in [0.05, 0.1) is 28.4 Å². The van der Waals surface area contributed by atoms with Gasteiger partial charge >= 0.3 is 0 Å². The number of rotatable bonds is 12. The first kappa shape index (κ1) is 32.2. The lowest BCUT2D eigenvalue weighted by molar-refractivity contribution is -0.118. The Morgan fingerprint density at radius 1 is 1.17 bits per heavy atom. The summed E-state index contributed by atoms with van der Waals surface area (Å²) in [6.45, 7) is 10.4. The van der Waals surface area contributed by atoms with E-state index in [0.717, 1.165) is 12.6 Å². The monoisotopic (exact) mass is 614 g/mol. The van der Waals surface area contributed by atoms with Crippen molar-refractivity contribution in [3.63, 3.8) is 0 Å². The Balaban J connectivity index is 1.72. The molecule has 0 saturated carbocycles. The van der Waals surface area contributed by atoms with Crippen LogP contribution in [0.3, 0.4) is 0 Å². The quantitative estimate of drug-likeness (QED) is 0.175. The summed E-state index contributed by atoms with van der Waals surface area (Å²) >= 11 is 6.53. The maximum Gasteiger partial charge on any atom is 0.251 e. The molecule has 0 spiro atoms. The van der Waals surface area contributed by atoms with Gasteiger partial charge in [0.1, 0.15) is 17.3 Å². The SMILES string of the molecule is C=C(Nc1ccc(Oc2cccc(C(=O)NC(C)(C)C)c2)c(Cl)c1)c1c(N=CN)ccn1CCNC(=O)CS(C)(=O)=O. The predicted molar refractivity (Wildman–Crippen MR) is 167 cm³/mol. The van der Waals surface area contributed by atoms with Crippen LogP contribution >= 0.6 is 11.6 Å². The van der Waals surface area contributed by atoms with Gasteiger partial charge in [-0.05, 0) is 63.2 Å². The van der Waals surface area contributed by atoms with Gasteiger partial charge in [0.2, 0.25) is 5.91 Å². The van der Waals surface area contributed by atoms with Gasteiger partial charge in [0.25, 0.3) is 5.91 Å². The Hall–Kier alpha value is -4.29. The summed E-state index contributed by atoms with van der Waals surface area (Å²) in [6.07, 6.45) is 3.92. The largest absolute Gasteiger partial charge is 0.456 e. The lowest BCUT2D eigenvalue weighted by atomic mass is 10.1. The Morgan fingerprint density at radius 2 is 1.90 bits per heavy atom. The third kappa shape index (κ3) is 9.67. The summed E-state index contributed by atoms with van der Waals surface area (Å²) < 4.78 is 30.4. The Labute approximate surface area is 250 Å². The zero-order valence-corrected chi connectivity index (χ0v) is 25.5. The van der Waals surface area contributed by atoms with Crippen molar-refractivity contribution in [3.05, 3.63) is 77.6 Å². The molecule has 0 aliphatic carbocycles. The number of hydrogen-bond donors (Lipinski definition) is 4. The zero-order chi connectivity index (χ0) is 31.1. The molecule has 0 aliphatic heterocycles. The van der Waals surface area contributed by atoms with Gasteiger partial charge in [-0.1, -0.05) is 24.2 Å². The molecule has 224 valence electrons. The van der Waals surface area contributed by atoms with Gasteiger partial charge in [-0.15, -0.1) is 0 Å². The highest BCUT2D eigenvalue weighted by Gasteiger charge is 2.17. The van der Waals surface area contributed by atoms with Crippen molar-refractivity contribution in [2.45, 2.75) is 32.9 Å². The van der Waals surface area contributed by atoms with Crippen molar-refractivity contribution in [1.82, 2.24) is 15.2 Å². The molecular formula is C29H35ClN6O5S. The number of carbonyl (C=O) groups is 2. The van der Waals surface area contributed by atoms with E-state index < -0.39 is 21.5 Å². The number of sulfone groups is 1. The van der Waals surface area contributed by atoms with Crippen molar-refractivity contribution in [3.8, 4) is 11.5 Å². The van der Waals surface area contributed by atoms with Gasteiger partial charge in [0, 0.05) is 42.3 Å². The fourth-order valence-corrected chi connectivity index (χ4v) is 4.70. The molecule has 0 unspecified atom stereocenters. The molecule has 2 aromatic carbocycles. The van der Waals surface area contributed by atoms with Crippen LogP contribution in [0.25, 0.3) is 5.70 Å². The van der Waals surface area contributed by atoms with Gasteiger partial charge in [-0.25, -0.2) is 13.4 Å². The highest BCUT2D eigenvalue weighted by molar-refractivity contribution is 7.91. The molecule has 1 heterocycles. The summed E-state index contributed by atoms with van der Waals surface area (Å²) in [7, 11) is -3.43. The average molecular weight is 615 g/mol. The second kappa shape index (κ2) is 13.6. The second-order valence-corrected chi connectivity index (χ2v) is 13.1. The fraction of sp³-hybridized carbons (Fsp3) is 0.276. The first-order valence-electron chi connectivity index (χ1n) is 12.9. The summed E-state index contributed by atoms with van der Waals surface area (Å²) in [5, 5.41) is 9.03. The summed E-state index contributed by atoms with van der Waals surface area (Å²) in [4.78, 5) is 28.6. The van der Waals surface area contributed by atoms with E-state index in [-0.39, 0.29) is 18.0 Å². The number of carbonyl (C=O) groups excluding carboxylic acids is 2. The van der Waals surface area contributed by atoms with Crippen LogP contribution in [0.2, 0.25) is 5.02 Å². The molecule has 5 N–H and O–H groups in total. The number of amides is 2. The molecule has 0 saturated heterocycles. The number of halogens is 1. The van der Waals surface area contributed by atoms with Crippen molar-refractivity contribution >= 4 is 56.7 Å². The van der Waals surface area contributed by atoms with E-state index >= 15 is 0 Å². The highest BCUT2D eigenvalue weighted by atomic mass is 35.5. The van der Waals surface area contributed by atoms with Gasteiger partial charge in [-0.2, -0.15) is 0 Å². The summed E-state index contributed by atoms with van der Waals surface area (Å²) in [5.41, 5.74) is 7.85. The number of nitrogens with two attached hydrogens (primary N) is 1. The normalized spacial score (nSPS) is 11.7. The van der Waals surface area contributed by atoms with E-state index in [2.05, 4.69) is 27.5 Å². The van der Waals surface area contributed by atoms with E-state index in [1.165, 1.54) is 0 Å². The molecule has 13 heteroatoms. The van der Waals surface area contributed by atoms with E-state index in [1.54, 1.807) is 59.3 Å². The van der Waals surface area contributed by atoms with Crippen LogP contribution in [0.1, 0.15) is 36.8 Å². The van der Waals surface area contributed by atoms with E-state index in [1.807, 2.05) is 20.8 Å². The van der Waals surface area contributed by atoms with E-state index in [4.69, 9.17) is 22.1 Å². The zero-order valence-electron chi connectivity index (χ0n) is 23.9. The first-order chi connectivity index (χ1) is 19.6. The number of nitrogens with one attached hydrogen (secondary N) is 3. The number of aliphatic imine (C=N–C) groups is 1. The van der Waals surface area contributed by atoms with Crippen molar-refractivity contribution in [2.75, 3.05) is 23.9 Å². The number of ether oxygens (including phenoxy) is 1. The van der Waals surface area contributed by atoms with Crippen molar-refractivity contribution < 1.29 is 22.7 Å². The van der Waals surface area contributed by atoms with Crippen LogP contribution in [0.4, 0.5) is 11.4 Å². The minimum atomic E-state index is -3.43. The van der Waals surface area contributed by atoms with Crippen LogP contribution in [-0.2, 0) is 21.2 Å². The molecule has 1 aromatic heterocycles. The first-order valence-corrected chi connectivity index (χ1v) is 15.3. The molecule has 11 nitrogen and oxygen atoms in total. The number of aromatic nitrogens is 1. The molecule has 0 bridgehead atoms. The maximum atomic E-state index is 12.5. The number of nitrogens with zero attached hydrogens (tertiary/aromatic N) is 2. The van der Waals surface area contributed by atoms with Crippen molar-refractivity contribution in [2.24, 2.45) is 10.7 Å². The summed E-state index contributed by atoms with van der Waals surface area (Å²) in [5.74, 6) is -0.533. The Kier molecular flexibility index (Phi) is 10.4. The fourth-order valence-electron chi connectivity index (χ4n) is 3.90. The van der Waals surface area contributed by atoms with Gasteiger partial charge in [-0.3, -0.25) is 9.59 Å². The molecular weight excluding hydrogens is 580 g/mol. The topological polar surface area (TPSA) is 157 Å². The number of hydrogen-bond acceptors (Lipinski definition) is 7. The molecule has 0 fully saturated rings. The minimum absolute atomic E-state index is 0.187. The van der Waals surface area contributed by atoms with Gasteiger partial charge < -0.3 is 31.0 Å². The predicted octanol–water partition coefficient (Wildman–Crippen LogP) is 4.32. The van der Waals surface area contributed by atoms with Crippen LogP contribution in [0.15, 0.2) is 66.3 Å². The minimum Gasteiger partial charge on any atom is -0.456 e. The molecule has 3 rings (SSSR count). The van der Waals surface area contributed by atoms with Gasteiger partial charge in [0.15, 0.2) is 9.84 Å². The molecule has 0 aliphatic rings. The third-order valence-corrected chi connectivity index (χ3v) is 6.63. The lowest BCUT2D eigenvalue weighted by Crippen LogP contribution is -2.40. The smallest absolute Gasteiger partial charge is 0.251 e. The number of anilines is 1.